The van der Waals surface area contributed by atoms with E-state index in [1.807, 2.05) is 0 Å². The number of carbonyl (C=O) groups is 1. The lowest BCUT2D eigenvalue weighted by molar-refractivity contribution is -0.154. The fraction of sp³-hybridized carbons (Fsp3) is 0.923. The normalized spacial score (nSPS) is 39.4. The average molecular weight is 240 g/mol. The summed E-state index contributed by atoms with van der Waals surface area (Å²) >= 11 is 0. The average Bonchev–Trinajstić information content (AvgIpc) is 2.79. The number of carboxylic acids is 1. The quantitative estimate of drug-likeness (QED) is 0.780. The largest absolute Gasteiger partial charge is 0.480 e. The van der Waals surface area contributed by atoms with Crippen LogP contribution in [0.25, 0.3) is 0 Å². The Morgan fingerprint density at radius 1 is 1.41 bits per heavy atom. The van der Waals surface area contributed by atoms with Gasteiger partial charge in [-0.3, -0.25) is 9.69 Å². The highest BCUT2D eigenvalue weighted by Gasteiger charge is 2.47. The molecule has 1 atom stereocenters. The van der Waals surface area contributed by atoms with E-state index in [0.717, 1.165) is 45.2 Å². The number of rotatable bonds is 3. The highest BCUT2D eigenvalue weighted by molar-refractivity contribution is 5.79. The van der Waals surface area contributed by atoms with E-state index in [1.165, 1.54) is 0 Å². The van der Waals surface area contributed by atoms with Gasteiger partial charge in [-0.2, -0.15) is 0 Å². The van der Waals surface area contributed by atoms with Crippen LogP contribution < -0.4 is 5.73 Å². The molecule has 98 valence electrons. The summed E-state index contributed by atoms with van der Waals surface area (Å²) in [6.45, 7) is 4.68. The van der Waals surface area contributed by atoms with Crippen molar-refractivity contribution in [3.63, 3.8) is 0 Å². The maximum atomic E-state index is 11.7. The molecule has 0 aromatic rings. The molecule has 3 N–H and O–H groups in total. The monoisotopic (exact) mass is 240 g/mol. The third kappa shape index (κ3) is 2.33. The minimum atomic E-state index is -0.623. The van der Waals surface area contributed by atoms with Crippen molar-refractivity contribution < 1.29 is 9.90 Å². The summed E-state index contributed by atoms with van der Waals surface area (Å²) in [5, 5.41) is 9.62. The molecule has 0 amide bonds. The molecule has 0 bridgehead atoms. The molecule has 1 aliphatic carbocycles. The Morgan fingerprint density at radius 2 is 2.06 bits per heavy atom. The van der Waals surface area contributed by atoms with Crippen LogP contribution in [0.3, 0.4) is 0 Å². The first kappa shape index (κ1) is 12.8. The van der Waals surface area contributed by atoms with Crippen LogP contribution in [-0.4, -0.2) is 41.1 Å². The molecule has 2 fully saturated rings. The zero-order valence-corrected chi connectivity index (χ0v) is 10.7. The minimum absolute atomic E-state index is 0.491. The highest BCUT2D eigenvalue weighted by Crippen LogP contribution is 2.39. The first-order valence-corrected chi connectivity index (χ1v) is 6.77. The van der Waals surface area contributed by atoms with Crippen LogP contribution >= 0.6 is 0 Å². The molecule has 2 rings (SSSR count). The molecule has 17 heavy (non-hydrogen) atoms. The van der Waals surface area contributed by atoms with Gasteiger partial charge in [-0.15, -0.1) is 0 Å². The Balaban J connectivity index is 2.10. The first-order valence-electron chi connectivity index (χ1n) is 6.77. The van der Waals surface area contributed by atoms with Crippen molar-refractivity contribution in [3.05, 3.63) is 0 Å². The molecule has 4 nitrogen and oxygen atoms in total. The van der Waals surface area contributed by atoms with E-state index in [1.54, 1.807) is 0 Å². The number of likely N-dealkylation sites (tertiary alicyclic amines) is 1. The molecular formula is C13H24N2O2. The second-order valence-corrected chi connectivity index (χ2v) is 5.86. The molecular weight excluding hydrogens is 216 g/mol. The van der Waals surface area contributed by atoms with E-state index in [-0.39, 0.29) is 0 Å². The predicted molar refractivity (Wildman–Crippen MR) is 66.7 cm³/mol. The molecule has 4 heteroatoms. The van der Waals surface area contributed by atoms with Gasteiger partial charge in [-0.1, -0.05) is 6.92 Å². The van der Waals surface area contributed by atoms with Crippen LogP contribution in [0.5, 0.6) is 0 Å². The van der Waals surface area contributed by atoms with E-state index in [0.29, 0.717) is 18.4 Å². The number of nitrogens with two attached hydrogens (primary N) is 1. The molecule has 1 saturated carbocycles. The molecule has 0 aromatic heterocycles. The standard InChI is InChI=1S/C13H24N2O2/c1-10-2-5-13(6-3-10,12(16)17)15-7-4-11(8-14)9-15/h10-11H,2-9,14H2,1H3,(H,16,17). The molecule has 1 aliphatic heterocycles. The minimum Gasteiger partial charge on any atom is -0.480 e. The van der Waals surface area contributed by atoms with Crippen LogP contribution in [0.2, 0.25) is 0 Å². The predicted octanol–water partition coefficient (Wildman–Crippen LogP) is 1.30. The van der Waals surface area contributed by atoms with Gasteiger partial charge in [0.15, 0.2) is 0 Å². The second kappa shape index (κ2) is 4.94. The first-order chi connectivity index (χ1) is 8.08. The summed E-state index contributed by atoms with van der Waals surface area (Å²) in [5.41, 5.74) is 5.11. The van der Waals surface area contributed by atoms with E-state index in [4.69, 9.17) is 5.73 Å². The van der Waals surface area contributed by atoms with Gasteiger partial charge >= 0.3 is 5.97 Å². The molecule has 1 saturated heterocycles. The summed E-state index contributed by atoms with van der Waals surface area (Å²) in [6, 6.07) is 0. The fourth-order valence-corrected chi connectivity index (χ4v) is 3.32. The van der Waals surface area contributed by atoms with Crippen molar-refractivity contribution in [2.24, 2.45) is 17.6 Å². The summed E-state index contributed by atoms with van der Waals surface area (Å²) < 4.78 is 0. The van der Waals surface area contributed by atoms with E-state index >= 15 is 0 Å². The maximum absolute atomic E-state index is 11.7. The lowest BCUT2D eigenvalue weighted by atomic mass is 9.76. The highest BCUT2D eigenvalue weighted by atomic mass is 16.4. The number of aliphatic carboxylic acids is 1. The maximum Gasteiger partial charge on any atom is 0.324 e. The Hall–Kier alpha value is -0.610. The van der Waals surface area contributed by atoms with Gasteiger partial charge in [0, 0.05) is 6.54 Å². The van der Waals surface area contributed by atoms with Crippen molar-refractivity contribution in [1.29, 1.82) is 0 Å². The Bertz CT molecular complexity index is 285. The lowest BCUT2D eigenvalue weighted by Crippen LogP contribution is -2.55. The lowest BCUT2D eigenvalue weighted by Gasteiger charge is -2.42. The Labute approximate surface area is 103 Å². The third-order valence-corrected chi connectivity index (χ3v) is 4.72. The van der Waals surface area contributed by atoms with Crippen molar-refractivity contribution in [3.8, 4) is 0 Å². The van der Waals surface area contributed by atoms with Crippen LogP contribution in [0.15, 0.2) is 0 Å². The zero-order chi connectivity index (χ0) is 12.5. The number of nitrogens with zero attached hydrogens (tertiary/aromatic N) is 1. The Kier molecular flexibility index (Phi) is 3.73. The van der Waals surface area contributed by atoms with Crippen molar-refractivity contribution in [2.45, 2.75) is 44.6 Å². The molecule has 1 heterocycles. The van der Waals surface area contributed by atoms with Crippen molar-refractivity contribution in [1.82, 2.24) is 4.90 Å². The van der Waals surface area contributed by atoms with E-state index in [9.17, 15) is 9.90 Å². The van der Waals surface area contributed by atoms with Crippen LogP contribution in [0.4, 0.5) is 0 Å². The summed E-state index contributed by atoms with van der Waals surface area (Å²) in [5.74, 6) is 0.544. The zero-order valence-electron chi connectivity index (χ0n) is 10.7. The molecule has 1 unspecified atom stereocenters. The van der Waals surface area contributed by atoms with E-state index in [2.05, 4.69) is 11.8 Å². The smallest absolute Gasteiger partial charge is 0.324 e. The van der Waals surface area contributed by atoms with Crippen LogP contribution in [0, 0.1) is 11.8 Å². The number of hydrogen-bond acceptors (Lipinski definition) is 3. The fourth-order valence-electron chi connectivity index (χ4n) is 3.32. The second-order valence-electron chi connectivity index (χ2n) is 5.86. The van der Waals surface area contributed by atoms with Gasteiger partial charge < -0.3 is 10.8 Å². The van der Waals surface area contributed by atoms with Gasteiger partial charge in [-0.05, 0) is 57.0 Å². The van der Waals surface area contributed by atoms with Gasteiger partial charge in [0.1, 0.15) is 5.54 Å². The number of carboxylic acid groups (broad SMARTS) is 1. The summed E-state index contributed by atoms with van der Waals surface area (Å²) in [4.78, 5) is 13.9. The topological polar surface area (TPSA) is 66.6 Å². The van der Waals surface area contributed by atoms with Crippen LogP contribution in [0.1, 0.15) is 39.0 Å². The van der Waals surface area contributed by atoms with Gasteiger partial charge in [0.05, 0.1) is 0 Å². The Morgan fingerprint density at radius 3 is 2.53 bits per heavy atom. The summed E-state index contributed by atoms with van der Waals surface area (Å²) in [6.07, 6.45) is 4.74. The number of hydrogen-bond donors (Lipinski definition) is 2. The summed E-state index contributed by atoms with van der Waals surface area (Å²) in [7, 11) is 0. The molecule has 2 aliphatic rings. The molecule has 0 aromatic carbocycles. The van der Waals surface area contributed by atoms with E-state index < -0.39 is 11.5 Å². The van der Waals surface area contributed by atoms with Crippen molar-refractivity contribution in [2.75, 3.05) is 19.6 Å². The molecule has 0 radical (unpaired) electrons. The van der Waals surface area contributed by atoms with Crippen LogP contribution in [-0.2, 0) is 4.79 Å². The van der Waals surface area contributed by atoms with Gasteiger partial charge in [0.2, 0.25) is 0 Å². The third-order valence-electron chi connectivity index (χ3n) is 4.72. The molecule has 0 spiro atoms. The SMILES string of the molecule is CC1CCC(C(=O)O)(N2CCC(CN)C2)CC1. The van der Waals surface area contributed by atoms with Gasteiger partial charge in [0.25, 0.3) is 0 Å². The van der Waals surface area contributed by atoms with Gasteiger partial charge in [-0.25, -0.2) is 0 Å². The van der Waals surface area contributed by atoms with Crippen molar-refractivity contribution >= 4 is 5.97 Å².